The Labute approximate surface area is 105 Å². The van der Waals surface area contributed by atoms with E-state index in [0.29, 0.717) is 5.92 Å². The van der Waals surface area contributed by atoms with Crippen LogP contribution in [0.15, 0.2) is 12.5 Å². The molecule has 0 fully saturated rings. The topological polar surface area (TPSA) is 51.8 Å². The molecule has 1 unspecified atom stereocenters. The molecule has 0 aromatic carbocycles. The molecule has 17 heavy (non-hydrogen) atoms. The highest BCUT2D eigenvalue weighted by atomic mass is 14.9. The van der Waals surface area contributed by atoms with E-state index in [-0.39, 0.29) is 0 Å². The summed E-state index contributed by atoms with van der Waals surface area (Å²) in [5.74, 6) is 0.518. The lowest BCUT2D eigenvalue weighted by Gasteiger charge is -2.17. The molecule has 1 rings (SSSR count). The predicted octanol–water partition coefficient (Wildman–Crippen LogP) is 3.91. The molecular formula is C14H25N3. The highest BCUT2D eigenvalue weighted by molar-refractivity contribution is 5.41. The van der Waals surface area contributed by atoms with Crippen molar-refractivity contribution in [1.82, 2.24) is 9.97 Å². The SMILES string of the molecule is CCCCCC(CCCC)c1ncncc1N. The summed E-state index contributed by atoms with van der Waals surface area (Å²) in [6, 6.07) is 0. The van der Waals surface area contributed by atoms with E-state index in [4.69, 9.17) is 5.73 Å². The molecule has 0 amide bonds. The van der Waals surface area contributed by atoms with Crippen LogP contribution in [0.1, 0.15) is 70.4 Å². The van der Waals surface area contributed by atoms with E-state index in [2.05, 4.69) is 23.8 Å². The van der Waals surface area contributed by atoms with Gasteiger partial charge in [0, 0.05) is 5.92 Å². The van der Waals surface area contributed by atoms with Gasteiger partial charge in [0.2, 0.25) is 0 Å². The van der Waals surface area contributed by atoms with Crippen molar-refractivity contribution in [2.75, 3.05) is 5.73 Å². The predicted molar refractivity (Wildman–Crippen MR) is 72.9 cm³/mol. The number of nitrogens with two attached hydrogens (primary N) is 1. The van der Waals surface area contributed by atoms with Crippen LogP contribution in [0, 0.1) is 0 Å². The monoisotopic (exact) mass is 235 g/mol. The van der Waals surface area contributed by atoms with E-state index in [9.17, 15) is 0 Å². The maximum Gasteiger partial charge on any atom is 0.115 e. The molecule has 2 N–H and O–H groups in total. The fourth-order valence-corrected chi connectivity index (χ4v) is 2.20. The van der Waals surface area contributed by atoms with Crippen molar-refractivity contribution >= 4 is 5.69 Å². The Morgan fingerprint density at radius 1 is 1.12 bits per heavy atom. The quantitative estimate of drug-likeness (QED) is 0.695. The maximum atomic E-state index is 5.97. The van der Waals surface area contributed by atoms with E-state index in [0.717, 1.165) is 11.4 Å². The lowest BCUT2D eigenvalue weighted by molar-refractivity contribution is 0.506. The smallest absolute Gasteiger partial charge is 0.115 e. The molecule has 1 aromatic rings. The van der Waals surface area contributed by atoms with Gasteiger partial charge in [0.15, 0.2) is 0 Å². The first-order valence-corrected chi connectivity index (χ1v) is 6.84. The number of nitrogen functional groups attached to an aromatic ring is 1. The normalized spacial score (nSPS) is 12.6. The van der Waals surface area contributed by atoms with E-state index in [1.54, 1.807) is 12.5 Å². The van der Waals surface area contributed by atoms with Crippen LogP contribution < -0.4 is 5.73 Å². The fraction of sp³-hybridized carbons (Fsp3) is 0.714. The molecule has 0 saturated carbocycles. The van der Waals surface area contributed by atoms with Crippen molar-refractivity contribution < 1.29 is 0 Å². The van der Waals surface area contributed by atoms with Crippen LogP contribution in [0.5, 0.6) is 0 Å². The van der Waals surface area contributed by atoms with Crippen LogP contribution in [0.25, 0.3) is 0 Å². The Balaban J connectivity index is 2.64. The van der Waals surface area contributed by atoms with Crippen LogP contribution in [-0.4, -0.2) is 9.97 Å². The largest absolute Gasteiger partial charge is 0.396 e. The number of anilines is 1. The van der Waals surface area contributed by atoms with Crippen molar-refractivity contribution in [1.29, 1.82) is 0 Å². The van der Waals surface area contributed by atoms with E-state index in [1.807, 2.05) is 0 Å². The van der Waals surface area contributed by atoms with Crippen molar-refractivity contribution in [3.05, 3.63) is 18.2 Å². The van der Waals surface area contributed by atoms with Crippen LogP contribution in [0.2, 0.25) is 0 Å². The number of aromatic nitrogens is 2. The zero-order valence-corrected chi connectivity index (χ0v) is 11.2. The van der Waals surface area contributed by atoms with Gasteiger partial charge in [0.25, 0.3) is 0 Å². The zero-order valence-electron chi connectivity index (χ0n) is 11.2. The first kappa shape index (κ1) is 13.9. The molecule has 3 heteroatoms. The summed E-state index contributed by atoms with van der Waals surface area (Å²) in [7, 11) is 0. The zero-order chi connectivity index (χ0) is 12.5. The molecule has 0 aliphatic carbocycles. The molecular weight excluding hydrogens is 210 g/mol. The minimum Gasteiger partial charge on any atom is -0.396 e. The summed E-state index contributed by atoms with van der Waals surface area (Å²) in [5, 5.41) is 0. The molecule has 0 bridgehead atoms. The van der Waals surface area contributed by atoms with E-state index < -0.39 is 0 Å². The molecule has 0 spiro atoms. The summed E-state index contributed by atoms with van der Waals surface area (Å²) < 4.78 is 0. The lowest BCUT2D eigenvalue weighted by atomic mass is 9.91. The Kier molecular flexibility index (Phi) is 6.60. The van der Waals surface area contributed by atoms with Gasteiger partial charge in [0.1, 0.15) is 6.33 Å². The lowest BCUT2D eigenvalue weighted by Crippen LogP contribution is -2.06. The molecule has 96 valence electrons. The average Bonchev–Trinajstić information content (AvgIpc) is 2.35. The number of unbranched alkanes of at least 4 members (excludes halogenated alkanes) is 3. The van der Waals surface area contributed by atoms with Gasteiger partial charge in [-0.15, -0.1) is 0 Å². The van der Waals surface area contributed by atoms with Gasteiger partial charge in [0.05, 0.1) is 17.6 Å². The van der Waals surface area contributed by atoms with Crippen LogP contribution in [0.3, 0.4) is 0 Å². The van der Waals surface area contributed by atoms with Gasteiger partial charge in [-0.25, -0.2) is 9.97 Å². The van der Waals surface area contributed by atoms with Gasteiger partial charge in [-0.05, 0) is 12.8 Å². The van der Waals surface area contributed by atoms with Crippen molar-refractivity contribution in [3.63, 3.8) is 0 Å². The third kappa shape index (κ3) is 4.72. The van der Waals surface area contributed by atoms with Crippen molar-refractivity contribution in [2.45, 2.75) is 64.7 Å². The minimum atomic E-state index is 0.518. The number of rotatable bonds is 8. The molecule has 3 nitrogen and oxygen atoms in total. The van der Waals surface area contributed by atoms with E-state index >= 15 is 0 Å². The number of nitrogens with zero attached hydrogens (tertiary/aromatic N) is 2. The molecule has 0 saturated heterocycles. The Hall–Kier alpha value is -1.12. The molecule has 0 aliphatic rings. The Bertz CT molecular complexity index is 312. The highest BCUT2D eigenvalue weighted by Crippen LogP contribution is 2.29. The first-order valence-electron chi connectivity index (χ1n) is 6.84. The summed E-state index contributed by atoms with van der Waals surface area (Å²) in [6.45, 7) is 4.46. The number of hydrogen-bond acceptors (Lipinski definition) is 3. The van der Waals surface area contributed by atoms with Crippen molar-refractivity contribution in [2.24, 2.45) is 0 Å². The van der Waals surface area contributed by atoms with E-state index in [1.165, 1.54) is 44.9 Å². The second-order valence-corrected chi connectivity index (χ2v) is 4.70. The minimum absolute atomic E-state index is 0.518. The molecule has 1 heterocycles. The van der Waals surface area contributed by atoms with Gasteiger partial charge in [-0.1, -0.05) is 46.0 Å². The molecule has 0 radical (unpaired) electrons. The average molecular weight is 235 g/mol. The first-order chi connectivity index (χ1) is 8.29. The summed E-state index contributed by atoms with van der Waals surface area (Å²) in [6.07, 6.45) is 12.1. The van der Waals surface area contributed by atoms with Gasteiger partial charge in [-0.2, -0.15) is 0 Å². The van der Waals surface area contributed by atoms with Crippen molar-refractivity contribution in [3.8, 4) is 0 Å². The molecule has 1 aromatic heterocycles. The molecule has 1 atom stereocenters. The van der Waals surface area contributed by atoms with Crippen LogP contribution >= 0.6 is 0 Å². The molecule has 0 aliphatic heterocycles. The third-order valence-corrected chi connectivity index (χ3v) is 3.22. The second kappa shape index (κ2) is 8.04. The standard InChI is InChI=1S/C14H25N3/c1-3-5-7-9-12(8-6-4-2)14-13(15)10-16-11-17-14/h10-12H,3-9,15H2,1-2H3. The highest BCUT2D eigenvalue weighted by Gasteiger charge is 2.15. The summed E-state index contributed by atoms with van der Waals surface area (Å²) in [4.78, 5) is 8.34. The second-order valence-electron chi connectivity index (χ2n) is 4.70. The van der Waals surface area contributed by atoms with Gasteiger partial charge >= 0.3 is 0 Å². The Morgan fingerprint density at radius 3 is 2.47 bits per heavy atom. The van der Waals surface area contributed by atoms with Gasteiger partial charge < -0.3 is 5.73 Å². The third-order valence-electron chi connectivity index (χ3n) is 3.22. The number of hydrogen-bond donors (Lipinski definition) is 1. The Morgan fingerprint density at radius 2 is 1.82 bits per heavy atom. The summed E-state index contributed by atoms with van der Waals surface area (Å²) >= 11 is 0. The van der Waals surface area contributed by atoms with Gasteiger partial charge in [-0.3, -0.25) is 0 Å². The van der Waals surface area contributed by atoms with Crippen LogP contribution in [0.4, 0.5) is 5.69 Å². The fourth-order valence-electron chi connectivity index (χ4n) is 2.20. The van der Waals surface area contributed by atoms with Crippen LogP contribution in [-0.2, 0) is 0 Å². The maximum absolute atomic E-state index is 5.97. The summed E-state index contributed by atoms with van der Waals surface area (Å²) in [5.41, 5.74) is 7.79.